The third-order valence-corrected chi connectivity index (χ3v) is 3.31. The maximum absolute atomic E-state index is 12.3. The van der Waals surface area contributed by atoms with Gasteiger partial charge in [-0.05, 0) is 0 Å². The van der Waals surface area contributed by atoms with Gasteiger partial charge in [-0.25, -0.2) is 4.98 Å². The van der Waals surface area contributed by atoms with Gasteiger partial charge in [0.25, 0.3) is 5.91 Å². The van der Waals surface area contributed by atoms with E-state index in [1.165, 1.54) is 18.6 Å². The summed E-state index contributed by atoms with van der Waals surface area (Å²) < 4.78 is 0. The molecule has 1 aromatic heterocycles. The Morgan fingerprint density at radius 2 is 1.95 bits per heavy atom. The van der Waals surface area contributed by atoms with Gasteiger partial charge in [-0.1, -0.05) is 12.2 Å². The highest BCUT2D eigenvalue weighted by atomic mass is 16.2. The van der Waals surface area contributed by atoms with Gasteiger partial charge in [-0.3, -0.25) is 14.6 Å². The molecule has 2 rings (SSSR count). The Labute approximate surface area is 123 Å². The van der Waals surface area contributed by atoms with E-state index in [1.807, 2.05) is 0 Å². The molecule has 0 N–H and O–H groups in total. The molecule has 2 amide bonds. The molecule has 2 heterocycles. The van der Waals surface area contributed by atoms with Gasteiger partial charge in [0, 0.05) is 38.6 Å². The fourth-order valence-electron chi connectivity index (χ4n) is 2.20. The highest BCUT2D eigenvalue weighted by Gasteiger charge is 2.38. The van der Waals surface area contributed by atoms with Crippen LogP contribution < -0.4 is 0 Å². The molecule has 1 aromatic rings. The van der Waals surface area contributed by atoms with E-state index in [4.69, 9.17) is 0 Å². The second kappa shape index (κ2) is 6.78. The molecule has 110 valence electrons. The molecule has 6 heteroatoms. The monoisotopic (exact) mass is 286 g/mol. The summed E-state index contributed by atoms with van der Waals surface area (Å²) in [5, 5.41) is 0. The third-order valence-electron chi connectivity index (χ3n) is 3.31. The fourth-order valence-corrected chi connectivity index (χ4v) is 2.20. The van der Waals surface area contributed by atoms with E-state index in [0.717, 1.165) is 0 Å². The fraction of sp³-hybridized carbons (Fsp3) is 0.333. The van der Waals surface area contributed by atoms with E-state index in [0.29, 0.717) is 31.9 Å². The molecule has 0 aromatic carbocycles. The highest BCUT2D eigenvalue weighted by molar-refractivity contribution is 5.94. The van der Waals surface area contributed by atoms with Crippen LogP contribution in [0.5, 0.6) is 0 Å². The summed E-state index contributed by atoms with van der Waals surface area (Å²) >= 11 is 0. The maximum atomic E-state index is 12.3. The molecule has 0 saturated carbocycles. The number of rotatable bonds is 6. The maximum Gasteiger partial charge on any atom is 0.274 e. The molecular weight excluding hydrogens is 268 g/mol. The molecule has 0 spiro atoms. The van der Waals surface area contributed by atoms with Crippen LogP contribution in [0.25, 0.3) is 0 Å². The molecule has 6 nitrogen and oxygen atoms in total. The summed E-state index contributed by atoms with van der Waals surface area (Å²) in [6.45, 7) is 9.09. The van der Waals surface area contributed by atoms with E-state index < -0.39 is 0 Å². The zero-order valence-corrected chi connectivity index (χ0v) is 11.8. The first-order valence-corrected chi connectivity index (χ1v) is 6.73. The van der Waals surface area contributed by atoms with Gasteiger partial charge < -0.3 is 9.80 Å². The number of amides is 2. The van der Waals surface area contributed by atoms with Crippen LogP contribution in [0.3, 0.4) is 0 Å². The van der Waals surface area contributed by atoms with E-state index in [9.17, 15) is 9.59 Å². The van der Waals surface area contributed by atoms with Crippen molar-refractivity contribution in [1.29, 1.82) is 0 Å². The number of aromatic nitrogens is 2. The Morgan fingerprint density at radius 1 is 1.29 bits per heavy atom. The minimum atomic E-state index is -0.189. The summed E-state index contributed by atoms with van der Waals surface area (Å²) in [5.41, 5.74) is 0.303. The molecule has 0 aliphatic carbocycles. The largest absolute Gasteiger partial charge is 0.336 e. The lowest BCUT2D eigenvalue weighted by Crippen LogP contribution is -2.56. The second-order valence-electron chi connectivity index (χ2n) is 4.82. The van der Waals surface area contributed by atoms with Crippen molar-refractivity contribution in [2.24, 2.45) is 5.92 Å². The third kappa shape index (κ3) is 3.34. The standard InChI is InChI=1S/C15H18N4O2/c1-3-7-18(8-4-2)14(20)12-10-19(11-12)15(21)13-9-16-5-6-17-13/h3-6,9,12H,1-2,7-8,10-11H2. The first kappa shape index (κ1) is 14.9. The number of nitrogens with zero attached hydrogens (tertiary/aromatic N) is 4. The van der Waals surface area contributed by atoms with Crippen molar-refractivity contribution < 1.29 is 9.59 Å². The zero-order valence-electron chi connectivity index (χ0n) is 11.8. The summed E-state index contributed by atoms with van der Waals surface area (Å²) in [4.78, 5) is 35.5. The second-order valence-corrected chi connectivity index (χ2v) is 4.82. The van der Waals surface area contributed by atoms with Gasteiger partial charge >= 0.3 is 0 Å². The molecule has 0 radical (unpaired) electrons. The molecule has 1 aliphatic rings. The van der Waals surface area contributed by atoms with Gasteiger partial charge in [0.2, 0.25) is 5.91 Å². The number of likely N-dealkylation sites (tertiary alicyclic amines) is 1. The summed E-state index contributed by atoms with van der Waals surface area (Å²) in [6, 6.07) is 0. The van der Waals surface area contributed by atoms with Crippen molar-refractivity contribution in [2.75, 3.05) is 26.2 Å². The smallest absolute Gasteiger partial charge is 0.274 e. The Balaban J connectivity index is 1.91. The first-order valence-electron chi connectivity index (χ1n) is 6.73. The van der Waals surface area contributed by atoms with Gasteiger partial charge in [-0.2, -0.15) is 0 Å². The van der Waals surface area contributed by atoms with Crippen molar-refractivity contribution >= 4 is 11.8 Å². The average Bonchev–Trinajstić information content (AvgIpc) is 2.46. The minimum absolute atomic E-state index is 0.0259. The van der Waals surface area contributed by atoms with Crippen LogP contribution in [0.1, 0.15) is 10.5 Å². The van der Waals surface area contributed by atoms with E-state index in [-0.39, 0.29) is 17.7 Å². The van der Waals surface area contributed by atoms with E-state index in [2.05, 4.69) is 23.1 Å². The van der Waals surface area contributed by atoms with Crippen LogP contribution in [0.2, 0.25) is 0 Å². The predicted octanol–water partition coefficient (Wildman–Crippen LogP) is 0.749. The van der Waals surface area contributed by atoms with Gasteiger partial charge in [0.05, 0.1) is 12.1 Å². The van der Waals surface area contributed by atoms with Crippen molar-refractivity contribution in [2.45, 2.75) is 0 Å². The molecular formula is C15H18N4O2. The zero-order chi connectivity index (χ0) is 15.2. The van der Waals surface area contributed by atoms with Crippen LogP contribution in [-0.4, -0.2) is 57.8 Å². The molecule has 1 fully saturated rings. The molecule has 1 aliphatic heterocycles. The lowest BCUT2D eigenvalue weighted by molar-refractivity contribution is -0.138. The minimum Gasteiger partial charge on any atom is -0.336 e. The molecule has 0 atom stereocenters. The lowest BCUT2D eigenvalue weighted by atomic mass is 9.97. The van der Waals surface area contributed by atoms with E-state index in [1.54, 1.807) is 22.0 Å². The van der Waals surface area contributed by atoms with Crippen LogP contribution >= 0.6 is 0 Å². The Bertz CT molecular complexity index is 528. The van der Waals surface area contributed by atoms with Crippen LogP contribution in [0, 0.1) is 5.92 Å². The summed E-state index contributed by atoms with van der Waals surface area (Å²) in [7, 11) is 0. The highest BCUT2D eigenvalue weighted by Crippen LogP contribution is 2.20. The van der Waals surface area contributed by atoms with Crippen LogP contribution in [0.15, 0.2) is 43.9 Å². The molecule has 0 unspecified atom stereocenters. The first-order chi connectivity index (χ1) is 10.2. The quantitative estimate of drug-likeness (QED) is 0.724. The summed E-state index contributed by atoms with van der Waals surface area (Å²) in [5.74, 6) is -0.324. The normalized spacial score (nSPS) is 14.2. The number of carbonyl (C=O) groups is 2. The van der Waals surface area contributed by atoms with E-state index >= 15 is 0 Å². The SMILES string of the molecule is C=CCN(CC=C)C(=O)C1CN(C(=O)c2cnccn2)C1. The van der Waals surface area contributed by atoms with Crippen LogP contribution in [0.4, 0.5) is 0 Å². The van der Waals surface area contributed by atoms with Gasteiger partial charge in [0.15, 0.2) is 0 Å². The number of hydrogen-bond donors (Lipinski definition) is 0. The predicted molar refractivity (Wildman–Crippen MR) is 78.4 cm³/mol. The van der Waals surface area contributed by atoms with Gasteiger partial charge in [0.1, 0.15) is 5.69 Å². The van der Waals surface area contributed by atoms with Crippen molar-refractivity contribution in [3.8, 4) is 0 Å². The molecule has 21 heavy (non-hydrogen) atoms. The topological polar surface area (TPSA) is 66.4 Å². The van der Waals surface area contributed by atoms with Crippen molar-refractivity contribution in [3.63, 3.8) is 0 Å². The van der Waals surface area contributed by atoms with Crippen molar-refractivity contribution in [3.05, 3.63) is 49.6 Å². The average molecular weight is 286 g/mol. The van der Waals surface area contributed by atoms with Crippen LogP contribution in [-0.2, 0) is 4.79 Å². The van der Waals surface area contributed by atoms with Gasteiger partial charge in [-0.15, -0.1) is 13.2 Å². The Kier molecular flexibility index (Phi) is 4.81. The summed E-state index contributed by atoms with van der Waals surface area (Å²) in [6.07, 6.45) is 7.79. The molecule has 1 saturated heterocycles. The number of carbonyl (C=O) groups excluding carboxylic acids is 2. The molecule has 0 bridgehead atoms. The number of hydrogen-bond acceptors (Lipinski definition) is 4. The Hall–Kier alpha value is -2.50. The lowest BCUT2D eigenvalue weighted by Gasteiger charge is -2.40. The Morgan fingerprint density at radius 3 is 2.48 bits per heavy atom. The van der Waals surface area contributed by atoms with Crippen molar-refractivity contribution in [1.82, 2.24) is 19.8 Å².